The van der Waals surface area contributed by atoms with Gasteiger partial charge in [-0.15, -0.1) is 0 Å². The molecule has 2 aromatic rings. The van der Waals surface area contributed by atoms with Gasteiger partial charge >= 0.3 is 0 Å². The maximum Gasteiger partial charge on any atom is 0.164 e. The van der Waals surface area contributed by atoms with Crippen molar-refractivity contribution < 1.29 is 9.18 Å². The van der Waals surface area contributed by atoms with Crippen LogP contribution in [-0.2, 0) is 0 Å². The fourth-order valence-electron chi connectivity index (χ4n) is 1.99. The number of benzene rings is 2. The average Bonchev–Trinajstić information content (AvgIpc) is 2.46. The van der Waals surface area contributed by atoms with E-state index in [2.05, 4.69) is 0 Å². The Hall–Kier alpha value is -1.89. The zero-order valence-corrected chi connectivity index (χ0v) is 12.3. The highest BCUT2D eigenvalue weighted by Crippen LogP contribution is 2.30. The lowest BCUT2D eigenvalue weighted by molar-refractivity contribution is 0.0979. The summed E-state index contributed by atoms with van der Waals surface area (Å²) in [6.07, 6.45) is -0.140. The number of nitrogens with zero attached hydrogens (tertiary/aromatic N) is 1. The molecule has 0 N–H and O–H groups in total. The van der Waals surface area contributed by atoms with E-state index < -0.39 is 11.7 Å². The third-order valence-electron chi connectivity index (χ3n) is 3.06. The van der Waals surface area contributed by atoms with Gasteiger partial charge in [-0.1, -0.05) is 29.3 Å². The number of rotatable bonds is 4. The predicted molar refractivity (Wildman–Crippen MR) is 80.2 cm³/mol. The lowest BCUT2D eigenvalue weighted by Gasteiger charge is -2.11. The van der Waals surface area contributed by atoms with E-state index in [0.717, 1.165) is 0 Å². The minimum atomic E-state index is -0.929. The van der Waals surface area contributed by atoms with Crippen molar-refractivity contribution in [2.75, 3.05) is 0 Å². The molecule has 0 spiro atoms. The van der Waals surface area contributed by atoms with Crippen molar-refractivity contribution >= 4 is 29.0 Å². The third kappa shape index (κ3) is 3.60. The van der Waals surface area contributed by atoms with Crippen molar-refractivity contribution in [1.29, 1.82) is 5.26 Å². The summed E-state index contributed by atoms with van der Waals surface area (Å²) >= 11 is 11.7. The molecular weight excluding hydrogens is 312 g/mol. The van der Waals surface area contributed by atoms with Crippen LogP contribution in [-0.4, -0.2) is 5.78 Å². The fraction of sp³-hybridized carbons (Fsp3) is 0.125. The van der Waals surface area contributed by atoms with Gasteiger partial charge in [0.25, 0.3) is 0 Å². The summed E-state index contributed by atoms with van der Waals surface area (Å²) in [4.78, 5) is 12.2. The predicted octanol–water partition coefficient (Wildman–Crippen LogP) is 5.01. The molecule has 0 fully saturated rings. The van der Waals surface area contributed by atoms with E-state index in [1.165, 1.54) is 18.2 Å². The lowest BCUT2D eigenvalue weighted by Crippen LogP contribution is -2.08. The molecule has 0 aliphatic heterocycles. The number of carbonyl (C=O) groups excluding carboxylic acids is 1. The number of Topliss-reactive ketones (excluding diaryl/α,β-unsaturated/α-hetero) is 1. The van der Waals surface area contributed by atoms with Crippen LogP contribution in [0.4, 0.5) is 4.39 Å². The molecule has 2 aromatic carbocycles. The first-order valence-corrected chi connectivity index (χ1v) is 6.91. The lowest BCUT2D eigenvalue weighted by atomic mass is 9.92. The monoisotopic (exact) mass is 321 g/mol. The van der Waals surface area contributed by atoms with Crippen molar-refractivity contribution in [3.05, 3.63) is 69.5 Å². The van der Waals surface area contributed by atoms with Crippen LogP contribution in [0.1, 0.15) is 28.3 Å². The highest BCUT2D eigenvalue weighted by atomic mass is 35.5. The first-order chi connectivity index (χ1) is 10.0. The molecular formula is C16H10Cl2FNO. The van der Waals surface area contributed by atoms with E-state index in [-0.39, 0.29) is 22.8 Å². The van der Waals surface area contributed by atoms with Gasteiger partial charge in [-0.05, 0) is 36.4 Å². The van der Waals surface area contributed by atoms with E-state index in [4.69, 9.17) is 23.2 Å². The summed E-state index contributed by atoms with van der Waals surface area (Å²) in [6, 6.07) is 12.4. The molecule has 0 aliphatic rings. The second-order valence-corrected chi connectivity index (χ2v) is 5.29. The molecule has 0 saturated heterocycles. The Balaban J connectivity index is 2.26. The van der Waals surface area contributed by atoms with E-state index >= 15 is 0 Å². The van der Waals surface area contributed by atoms with Crippen LogP contribution in [0.5, 0.6) is 0 Å². The van der Waals surface area contributed by atoms with Gasteiger partial charge in [-0.2, -0.15) is 5.26 Å². The summed E-state index contributed by atoms with van der Waals surface area (Å²) in [5, 5.41) is 9.88. The Morgan fingerprint density at radius 2 is 1.86 bits per heavy atom. The van der Waals surface area contributed by atoms with Crippen LogP contribution in [0.3, 0.4) is 0 Å². The van der Waals surface area contributed by atoms with E-state index in [9.17, 15) is 14.4 Å². The van der Waals surface area contributed by atoms with E-state index in [1.807, 2.05) is 6.07 Å². The molecule has 2 rings (SSSR count). The average molecular weight is 322 g/mol. The molecule has 0 saturated carbocycles. The summed E-state index contributed by atoms with van der Waals surface area (Å²) in [5.74, 6) is -1.78. The Morgan fingerprint density at radius 3 is 2.43 bits per heavy atom. The molecule has 1 unspecified atom stereocenters. The van der Waals surface area contributed by atoms with Crippen molar-refractivity contribution in [2.24, 2.45) is 0 Å². The molecule has 21 heavy (non-hydrogen) atoms. The summed E-state index contributed by atoms with van der Waals surface area (Å²) in [6.45, 7) is 0. The minimum Gasteiger partial charge on any atom is -0.294 e. The largest absolute Gasteiger partial charge is 0.294 e. The zero-order valence-electron chi connectivity index (χ0n) is 10.8. The molecule has 106 valence electrons. The summed E-state index contributed by atoms with van der Waals surface area (Å²) < 4.78 is 13.8. The molecule has 0 amide bonds. The Morgan fingerprint density at radius 1 is 1.19 bits per heavy atom. The fourth-order valence-corrected chi connectivity index (χ4v) is 2.42. The molecule has 0 aromatic heterocycles. The standard InChI is InChI=1S/C16H10Cl2FNO/c17-12-6-4-10(5-7-12)15(21)8-11(9-20)16-13(18)2-1-3-14(16)19/h1-7,11H,8H2. The smallest absolute Gasteiger partial charge is 0.164 e. The number of halogens is 3. The molecule has 0 heterocycles. The second kappa shape index (κ2) is 6.71. The van der Waals surface area contributed by atoms with Crippen LogP contribution >= 0.6 is 23.2 Å². The maximum absolute atomic E-state index is 13.8. The van der Waals surface area contributed by atoms with E-state index in [0.29, 0.717) is 10.6 Å². The van der Waals surface area contributed by atoms with Gasteiger partial charge in [0.05, 0.1) is 12.0 Å². The minimum absolute atomic E-state index is 0.0592. The quantitative estimate of drug-likeness (QED) is 0.742. The SMILES string of the molecule is N#CC(CC(=O)c1ccc(Cl)cc1)c1c(F)cccc1Cl. The first kappa shape index (κ1) is 15.5. The van der Waals surface area contributed by atoms with Crippen LogP contribution in [0, 0.1) is 17.1 Å². The van der Waals surface area contributed by atoms with Gasteiger partial charge < -0.3 is 0 Å². The van der Waals surface area contributed by atoms with Gasteiger partial charge in [-0.3, -0.25) is 4.79 Å². The number of hydrogen-bond donors (Lipinski definition) is 0. The Kier molecular flexibility index (Phi) is 4.95. The summed E-state index contributed by atoms with van der Waals surface area (Å²) in [7, 11) is 0. The maximum atomic E-state index is 13.8. The van der Waals surface area contributed by atoms with Crippen molar-refractivity contribution in [3.8, 4) is 6.07 Å². The normalized spacial score (nSPS) is 11.7. The topological polar surface area (TPSA) is 40.9 Å². The number of ketones is 1. The highest BCUT2D eigenvalue weighted by molar-refractivity contribution is 6.31. The molecule has 0 radical (unpaired) electrons. The molecule has 2 nitrogen and oxygen atoms in total. The van der Waals surface area contributed by atoms with Gasteiger partial charge in [0.2, 0.25) is 0 Å². The van der Waals surface area contributed by atoms with Gasteiger partial charge in [0, 0.05) is 27.6 Å². The van der Waals surface area contributed by atoms with Gasteiger partial charge in [-0.25, -0.2) is 4.39 Å². The van der Waals surface area contributed by atoms with E-state index in [1.54, 1.807) is 24.3 Å². The Labute approximate surface area is 131 Å². The molecule has 1 atom stereocenters. The molecule has 5 heteroatoms. The Bertz CT molecular complexity index is 687. The third-order valence-corrected chi connectivity index (χ3v) is 3.64. The molecule has 0 aliphatic carbocycles. The van der Waals surface area contributed by atoms with Crippen LogP contribution < -0.4 is 0 Å². The van der Waals surface area contributed by atoms with Gasteiger partial charge in [0.1, 0.15) is 5.82 Å². The van der Waals surface area contributed by atoms with Crippen LogP contribution in [0.25, 0.3) is 0 Å². The number of nitriles is 1. The summed E-state index contributed by atoms with van der Waals surface area (Å²) in [5.41, 5.74) is 0.482. The second-order valence-electron chi connectivity index (χ2n) is 4.45. The molecule has 0 bridgehead atoms. The highest BCUT2D eigenvalue weighted by Gasteiger charge is 2.22. The van der Waals surface area contributed by atoms with Gasteiger partial charge in [0.15, 0.2) is 5.78 Å². The van der Waals surface area contributed by atoms with Crippen molar-refractivity contribution in [1.82, 2.24) is 0 Å². The van der Waals surface area contributed by atoms with Crippen LogP contribution in [0.2, 0.25) is 10.0 Å². The van der Waals surface area contributed by atoms with Crippen molar-refractivity contribution in [3.63, 3.8) is 0 Å². The van der Waals surface area contributed by atoms with Crippen molar-refractivity contribution in [2.45, 2.75) is 12.3 Å². The zero-order chi connectivity index (χ0) is 15.4. The first-order valence-electron chi connectivity index (χ1n) is 6.15. The number of hydrogen-bond acceptors (Lipinski definition) is 2. The van der Waals surface area contributed by atoms with Crippen LogP contribution in [0.15, 0.2) is 42.5 Å². The number of carbonyl (C=O) groups is 1.